The molecule has 18 heavy (non-hydrogen) atoms. The minimum atomic E-state index is -1.11. The molecule has 0 aliphatic rings. The fourth-order valence-corrected chi connectivity index (χ4v) is 1.82. The second kappa shape index (κ2) is 6.79. The van der Waals surface area contributed by atoms with Gasteiger partial charge >= 0.3 is 5.97 Å². The fourth-order valence-electron chi connectivity index (χ4n) is 1.82. The molecule has 0 spiro atoms. The molecule has 0 fully saturated rings. The van der Waals surface area contributed by atoms with E-state index >= 15 is 0 Å². The van der Waals surface area contributed by atoms with Gasteiger partial charge in [-0.05, 0) is 17.9 Å². The Balaban J connectivity index is 2.73. The predicted molar refractivity (Wildman–Crippen MR) is 69.0 cm³/mol. The van der Waals surface area contributed by atoms with Crippen molar-refractivity contribution in [3.05, 3.63) is 35.9 Å². The van der Waals surface area contributed by atoms with Crippen molar-refractivity contribution in [2.24, 2.45) is 5.92 Å². The number of amides is 1. The van der Waals surface area contributed by atoms with Crippen LogP contribution in [0.25, 0.3) is 0 Å². The summed E-state index contributed by atoms with van der Waals surface area (Å²) in [5.74, 6) is -1.14. The molecular formula is C14H19NO3. The third-order valence-electron chi connectivity index (χ3n) is 2.56. The van der Waals surface area contributed by atoms with Crippen molar-refractivity contribution in [2.45, 2.75) is 32.7 Å². The van der Waals surface area contributed by atoms with E-state index in [1.165, 1.54) is 0 Å². The highest BCUT2D eigenvalue weighted by atomic mass is 16.4. The fraction of sp³-hybridized carbons (Fsp3) is 0.429. The van der Waals surface area contributed by atoms with Gasteiger partial charge in [0.2, 0.25) is 5.91 Å². The van der Waals surface area contributed by atoms with Crippen LogP contribution in [0, 0.1) is 5.92 Å². The quantitative estimate of drug-likeness (QED) is 0.761. The molecule has 0 saturated heterocycles. The molecule has 0 aliphatic carbocycles. The molecule has 1 aromatic carbocycles. The van der Waals surface area contributed by atoms with Crippen molar-refractivity contribution in [3.8, 4) is 0 Å². The van der Waals surface area contributed by atoms with Crippen LogP contribution in [0.1, 0.15) is 38.3 Å². The van der Waals surface area contributed by atoms with Gasteiger partial charge in [0.25, 0.3) is 0 Å². The second-order valence-corrected chi connectivity index (χ2v) is 4.73. The van der Waals surface area contributed by atoms with E-state index in [-0.39, 0.29) is 6.04 Å². The number of benzene rings is 1. The molecule has 2 N–H and O–H groups in total. The zero-order valence-corrected chi connectivity index (χ0v) is 10.7. The molecule has 0 bridgehead atoms. The van der Waals surface area contributed by atoms with E-state index in [9.17, 15) is 9.59 Å². The number of carbonyl (C=O) groups excluding carboxylic acids is 1. The smallest absolute Gasteiger partial charge is 0.312 e. The monoisotopic (exact) mass is 249 g/mol. The summed E-state index contributed by atoms with van der Waals surface area (Å²) >= 11 is 0. The van der Waals surface area contributed by atoms with Crippen LogP contribution < -0.4 is 5.32 Å². The summed E-state index contributed by atoms with van der Waals surface area (Å²) in [5.41, 5.74) is 1.00. The Bertz CT molecular complexity index is 401. The first-order valence-corrected chi connectivity index (χ1v) is 6.05. The minimum Gasteiger partial charge on any atom is -0.481 e. The molecular weight excluding hydrogens is 230 g/mol. The zero-order valence-electron chi connectivity index (χ0n) is 10.7. The summed E-state index contributed by atoms with van der Waals surface area (Å²) in [7, 11) is 0. The van der Waals surface area contributed by atoms with Crippen LogP contribution in [0.15, 0.2) is 30.3 Å². The van der Waals surface area contributed by atoms with Crippen LogP contribution in [0.3, 0.4) is 0 Å². The summed E-state index contributed by atoms with van der Waals surface area (Å²) in [5, 5.41) is 11.4. The van der Waals surface area contributed by atoms with Gasteiger partial charge in [0, 0.05) is 0 Å². The van der Waals surface area contributed by atoms with E-state index < -0.39 is 18.3 Å². The average molecular weight is 249 g/mol. The lowest BCUT2D eigenvalue weighted by atomic mass is 9.97. The Morgan fingerprint density at radius 1 is 1.22 bits per heavy atom. The highest BCUT2D eigenvalue weighted by Gasteiger charge is 2.17. The number of carboxylic acid groups (broad SMARTS) is 1. The summed E-state index contributed by atoms with van der Waals surface area (Å²) < 4.78 is 0. The van der Waals surface area contributed by atoms with Gasteiger partial charge in [-0.3, -0.25) is 9.59 Å². The van der Waals surface area contributed by atoms with Crippen molar-refractivity contribution >= 4 is 11.9 Å². The topological polar surface area (TPSA) is 66.4 Å². The van der Waals surface area contributed by atoms with E-state index in [0.29, 0.717) is 5.92 Å². The molecule has 4 nitrogen and oxygen atoms in total. The number of nitrogens with one attached hydrogen (secondary N) is 1. The van der Waals surface area contributed by atoms with Gasteiger partial charge in [-0.1, -0.05) is 44.2 Å². The van der Waals surface area contributed by atoms with Gasteiger partial charge in [0.1, 0.15) is 6.42 Å². The standard InChI is InChI=1S/C14H19NO3/c1-10(2)8-12(11-6-4-3-5-7-11)15-13(16)9-14(17)18/h3-7,10,12H,8-9H2,1-2H3,(H,15,16)(H,17,18). The Kier molecular flexibility index (Phi) is 5.36. The number of hydrogen-bond acceptors (Lipinski definition) is 2. The number of aliphatic carboxylic acids is 1. The predicted octanol–water partition coefficient (Wildman–Crippen LogP) is 2.36. The van der Waals surface area contributed by atoms with Crippen LogP contribution >= 0.6 is 0 Å². The first kappa shape index (κ1) is 14.2. The van der Waals surface area contributed by atoms with Crippen molar-refractivity contribution in [1.82, 2.24) is 5.32 Å². The maximum atomic E-state index is 11.5. The van der Waals surface area contributed by atoms with E-state index in [4.69, 9.17) is 5.11 Å². The zero-order chi connectivity index (χ0) is 13.5. The normalized spacial score (nSPS) is 12.2. The largest absolute Gasteiger partial charge is 0.481 e. The number of rotatable bonds is 6. The molecule has 0 saturated carbocycles. The van der Waals surface area contributed by atoms with E-state index in [0.717, 1.165) is 12.0 Å². The Labute approximate surface area is 107 Å². The molecule has 4 heteroatoms. The highest BCUT2D eigenvalue weighted by Crippen LogP contribution is 2.21. The molecule has 1 amide bonds. The second-order valence-electron chi connectivity index (χ2n) is 4.73. The third-order valence-corrected chi connectivity index (χ3v) is 2.56. The molecule has 98 valence electrons. The van der Waals surface area contributed by atoms with Crippen molar-refractivity contribution in [3.63, 3.8) is 0 Å². The SMILES string of the molecule is CC(C)CC(NC(=O)CC(=O)O)c1ccccc1. The van der Waals surface area contributed by atoms with Crippen LogP contribution in [0.4, 0.5) is 0 Å². The molecule has 0 aromatic heterocycles. The maximum Gasteiger partial charge on any atom is 0.312 e. The van der Waals surface area contributed by atoms with Crippen molar-refractivity contribution < 1.29 is 14.7 Å². The van der Waals surface area contributed by atoms with Gasteiger partial charge in [0.05, 0.1) is 6.04 Å². The summed E-state index contributed by atoms with van der Waals surface area (Å²) in [6.07, 6.45) is 0.302. The Morgan fingerprint density at radius 3 is 2.33 bits per heavy atom. The summed E-state index contributed by atoms with van der Waals surface area (Å²) in [6.45, 7) is 4.14. The van der Waals surface area contributed by atoms with Gasteiger partial charge in [0.15, 0.2) is 0 Å². The molecule has 1 aromatic rings. The highest BCUT2D eigenvalue weighted by molar-refractivity contribution is 5.93. The van der Waals surface area contributed by atoms with E-state index in [2.05, 4.69) is 19.2 Å². The van der Waals surface area contributed by atoms with Crippen LogP contribution in [-0.2, 0) is 9.59 Å². The lowest BCUT2D eigenvalue weighted by molar-refractivity contribution is -0.140. The van der Waals surface area contributed by atoms with Crippen LogP contribution in [0.5, 0.6) is 0 Å². The lowest BCUT2D eigenvalue weighted by Crippen LogP contribution is -2.30. The first-order chi connectivity index (χ1) is 8.49. The van der Waals surface area contributed by atoms with Crippen LogP contribution in [0.2, 0.25) is 0 Å². The molecule has 1 unspecified atom stereocenters. The Hall–Kier alpha value is -1.84. The summed E-state index contributed by atoms with van der Waals surface area (Å²) in [6, 6.07) is 9.48. The van der Waals surface area contributed by atoms with Crippen LogP contribution in [-0.4, -0.2) is 17.0 Å². The molecule has 0 heterocycles. The first-order valence-electron chi connectivity index (χ1n) is 6.05. The Morgan fingerprint density at radius 2 is 1.83 bits per heavy atom. The molecule has 1 rings (SSSR count). The average Bonchev–Trinajstić information content (AvgIpc) is 2.27. The number of hydrogen-bond donors (Lipinski definition) is 2. The molecule has 0 radical (unpaired) electrons. The van der Waals surface area contributed by atoms with E-state index in [1.54, 1.807) is 0 Å². The van der Waals surface area contributed by atoms with Crippen molar-refractivity contribution in [1.29, 1.82) is 0 Å². The number of carbonyl (C=O) groups is 2. The molecule has 0 aliphatic heterocycles. The minimum absolute atomic E-state index is 0.127. The van der Waals surface area contributed by atoms with E-state index in [1.807, 2.05) is 30.3 Å². The van der Waals surface area contributed by atoms with Gasteiger partial charge in [-0.2, -0.15) is 0 Å². The lowest BCUT2D eigenvalue weighted by Gasteiger charge is -2.20. The number of carboxylic acids is 1. The van der Waals surface area contributed by atoms with Gasteiger partial charge < -0.3 is 10.4 Å². The van der Waals surface area contributed by atoms with Gasteiger partial charge in [-0.15, -0.1) is 0 Å². The summed E-state index contributed by atoms with van der Waals surface area (Å²) in [4.78, 5) is 22.0. The van der Waals surface area contributed by atoms with Gasteiger partial charge in [-0.25, -0.2) is 0 Å². The molecule has 1 atom stereocenters. The van der Waals surface area contributed by atoms with Crippen molar-refractivity contribution in [2.75, 3.05) is 0 Å². The maximum absolute atomic E-state index is 11.5. The third kappa shape index (κ3) is 4.99.